The normalized spacial score (nSPS) is 11.8. The van der Waals surface area contributed by atoms with Crippen molar-refractivity contribution in [3.63, 3.8) is 0 Å². The molecular weight excluding hydrogens is 406 g/mol. The number of aryl methyl sites for hydroxylation is 1. The number of nitrogens with zero attached hydrogens (tertiary/aromatic N) is 6. The molecule has 0 radical (unpaired) electrons. The molecular formula is C23H23N7O2. The van der Waals surface area contributed by atoms with E-state index in [0.29, 0.717) is 47.5 Å². The largest absolute Gasteiger partial charge is 0.309 e. The number of aromatic nitrogens is 6. The van der Waals surface area contributed by atoms with Gasteiger partial charge in [0, 0.05) is 6.54 Å². The molecule has 0 spiro atoms. The van der Waals surface area contributed by atoms with Crippen LogP contribution in [0.1, 0.15) is 25.5 Å². The molecule has 32 heavy (non-hydrogen) atoms. The van der Waals surface area contributed by atoms with E-state index in [2.05, 4.69) is 25.1 Å². The predicted molar refractivity (Wildman–Crippen MR) is 123 cm³/mol. The van der Waals surface area contributed by atoms with E-state index in [4.69, 9.17) is 0 Å². The van der Waals surface area contributed by atoms with Gasteiger partial charge in [-0.15, -0.1) is 10.2 Å². The van der Waals surface area contributed by atoms with Gasteiger partial charge >= 0.3 is 0 Å². The van der Waals surface area contributed by atoms with Crippen LogP contribution in [0.2, 0.25) is 0 Å². The van der Waals surface area contributed by atoms with E-state index in [1.54, 1.807) is 10.6 Å². The molecule has 9 nitrogen and oxygen atoms in total. The van der Waals surface area contributed by atoms with Gasteiger partial charge < -0.3 is 4.98 Å². The van der Waals surface area contributed by atoms with E-state index < -0.39 is 0 Å². The van der Waals surface area contributed by atoms with Crippen LogP contribution in [0.3, 0.4) is 0 Å². The molecule has 5 rings (SSSR count). The maximum Gasteiger partial charge on any atom is 0.262 e. The van der Waals surface area contributed by atoms with Crippen LogP contribution in [0.5, 0.6) is 0 Å². The molecule has 9 heteroatoms. The van der Waals surface area contributed by atoms with Gasteiger partial charge in [0.05, 0.1) is 34.9 Å². The summed E-state index contributed by atoms with van der Waals surface area (Å²) in [4.78, 5) is 34.9. The lowest BCUT2D eigenvalue weighted by atomic mass is 10.2. The van der Waals surface area contributed by atoms with Gasteiger partial charge in [-0.1, -0.05) is 31.2 Å². The maximum atomic E-state index is 12.9. The number of aromatic amines is 1. The predicted octanol–water partition coefficient (Wildman–Crippen LogP) is 2.32. The fourth-order valence-corrected chi connectivity index (χ4v) is 4.10. The number of para-hydroxylation sites is 2. The molecule has 0 atom stereocenters. The van der Waals surface area contributed by atoms with Crippen molar-refractivity contribution in [2.24, 2.45) is 0 Å². The van der Waals surface area contributed by atoms with Crippen LogP contribution in [0.25, 0.3) is 27.6 Å². The van der Waals surface area contributed by atoms with Crippen molar-refractivity contribution in [1.29, 1.82) is 0 Å². The van der Waals surface area contributed by atoms with Gasteiger partial charge in [-0.25, -0.2) is 4.98 Å². The summed E-state index contributed by atoms with van der Waals surface area (Å²) >= 11 is 0. The Bertz CT molecular complexity index is 1560. The number of rotatable bonds is 6. The zero-order valence-corrected chi connectivity index (χ0v) is 17.9. The summed E-state index contributed by atoms with van der Waals surface area (Å²) in [5.41, 5.74) is 1.24. The summed E-state index contributed by atoms with van der Waals surface area (Å²) < 4.78 is 3.58. The molecule has 0 aliphatic carbocycles. The Morgan fingerprint density at radius 2 is 1.69 bits per heavy atom. The highest BCUT2D eigenvalue weighted by Crippen LogP contribution is 2.16. The molecule has 0 unspecified atom stereocenters. The molecule has 3 heterocycles. The van der Waals surface area contributed by atoms with E-state index in [1.807, 2.05) is 60.7 Å². The summed E-state index contributed by atoms with van der Waals surface area (Å²) in [6.45, 7) is 6.13. The van der Waals surface area contributed by atoms with Gasteiger partial charge in [0.1, 0.15) is 5.82 Å². The smallest absolute Gasteiger partial charge is 0.262 e. The van der Waals surface area contributed by atoms with Crippen LogP contribution < -0.4 is 11.1 Å². The molecule has 0 aliphatic rings. The maximum absolute atomic E-state index is 12.9. The van der Waals surface area contributed by atoms with Crippen LogP contribution in [0.15, 0.2) is 58.1 Å². The van der Waals surface area contributed by atoms with Crippen LogP contribution in [0, 0.1) is 0 Å². The average Bonchev–Trinajstić information content (AvgIpc) is 3.22. The summed E-state index contributed by atoms with van der Waals surface area (Å²) in [7, 11) is 0. The molecule has 1 N–H and O–H groups in total. The van der Waals surface area contributed by atoms with E-state index in [0.717, 1.165) is 17.9 Å². The summed E-state index contributed by atoms with van der Waals surface area (Å²) in [5.74, 6) is 1.85. The fourth-order valence-electron chi connectivity index (χ4n) is 4.10. The number of hydrogen-bond acceptors (Lipinski definition) is 6. The standard InChI is InChI=1S/C23H23N7O2/c1-3-28(13-19-24-17-11-7-5-9-15(17)21(31)25-19)14-20-26-27-23-29(4-2)22(32)16-10-6-8-12-18(16)30(20)23/h5-12H,3-4,13-14H2,1-2H3,(H,24,25,31). The first-order valence-corrected chi connectivity index (χ1v) is 10.7. The van der Waals surface area contributed by atoms with Crippen molar-refractivity contribution in [1.82, 2.24) is 34.0 Å². The van der Waals surface area contributed by atoms with Gasteiger partial charge in [-0.3, -0.25) is 23.5 Å². The molecule has 5 aromatic rings. The summed E-state index contributed by atoms with van der Waals surface area (Å²) in [6, 6.07) is 14.8. The zero-order chi connectivity index (χ0) is 22.2. The third kappa shape index (κ3) is 3.27. The van der Waals surface area contributed by atoms with Gasteiger partial charge in [0.15, 0.2) is 5.82 Å². The van der Waals surface area contributed by atoms with Crippen molar-refractivity contribution in [2.45, 2.75) is 33.5 Å². The Hall–Kier alpha value is -3.85. The first-order valence-electron chi connectivity index (χ1n) is 10.7. The van der Waals surface area contributed by atoms with E-state index in [-0.39, 0.29) is 11.1 Å². The van der Waals surface area contributed by atoms with Crippen molar-refractivity contribution in [2.75, 3.05) is 6.54 Å². The second-order valence-electron chi connectivity index (χ2n) is 7.65. The van der Waals surface area contributed by atoms with E-state index >= 15 is 0 Å². The van der Waals surface area contributed by atoms with Crippen molar-refractivity contribution < 1.29 is 0 Å². The molecule has 0 bridgehead atoms. The second kappa shape index (κ2) is 8.01. The minimum absolute atomic E-state index is 0.0696. The summed E-state index contributed by atoms with van der Waals surface area (Å²) in [5, 5.41) is 9.94. The third-order valence-corrected chi connectivity index (χ3v) is 5.74. The summed E-state index contributed by atoms with van der Waals surface area (Å²) in [6.07, 6.45) is 0. The van der Waals surface area contributed by atoms with Gasteiger partial charge in [-0.05, 0) is 37.7 Å². The first kappa shape index (κ1) is 20.1. The Morgan fingerprint density at radius 1 is 0.938 bits per heavy atom. The number of H-pyrrole nitrogens is 1. The third-order valence-electron chi connectivity index (χ3n) is 5.74. The number of fused-ring (bicyclic) bond motifs is 4. The minimum atomic E-state index is -0.146. The average molecular weight is 429 g/mol. The molecule has 2 aromatic carbocycles. The molecule has 0 aliphatic heterocycles. The number of hydrogen-bond donors (Lipinski definition) is 1. The van der Waals surface area contributed by atoms with Crippen LogP contribution >= 0.6 is 0 Å². The van der Waals surface area contributed by atoms with Gasteiger partial charge in [0.25, 0.3) is 11.1 Å². The highest BCUT2D eigenvalue weighted by molar-refractivity contribution is 5.80. The number of nitrogens with one attached hydrogen (secondary N) is 1. The van der Waals surface area contributed by atoms with Crippen molar-refractivity contribution in [3.05, 3.63) is 80.9 Å². The van der Waals surface area contributed by atoms with Crippen LogP contribution in [0.4, 0.5) is 0 Å². The van der Waals surface area contributed by atoms with Crippen molar-refractivity contribution in [3.8, 4) is 0 Å². The molecule has 0 saturated heterocycles. The molecule has 0 amide bonds. The molecule has 0 fully saturated rings. The van der Waals surface area contributed by atoms with Crippen molar-refractivity contribution >= 4 is 27.6 Å². The Balaban J connectivity index is 1.56. The minimum Gasteiger partial charge on any atom is -0.309 e. The lowest BCUT2D eigenvalue weighted by molar-refractivity contribution is 0.257. The van der Waals surface area contributed by atoms with Crippen LogP contribution in [-0.2, 0) is 19.6 Å². The van der Waals surface area contributed by atoms with Gasteiger partial charge in [-0.2, -0.15) is 0 Å². The Labute approximate surface area is 183 Å². The lowest BCUT2D eigenvalue weighted by Gasteiger charge is -2.19. The topological polar surface area (TPSA) is 101 Å². The number of benzene rings is 2. The lowest BCUT2D eigenvalue weighted by Crippen LogP contribution is -2.27. The highest BCUT2D eigenvalue weighted by atomic mass is 16.1. The van der Waals surface area contributed by atoms with Crippen LogP contribution in [-0.4, -0.2) is 40.6 Å². The Morgan fingerprint density at radius 3 is 2.47 bits per heavy atom. The molecule has 162 valence electrons. The monoisotopic (exact) mass is 429 g/mol. The van der Waals surface area contributed by atoms with E-state index in [1.165, 1.54) is 0 Å². The molecule has 3 aromatic heterocycles. The molecule has 0 saturated carbocycles. The second-order valence-corrected chi connectivity index (χ2v) is 7.65. The zero-order valence-electron chi connectivity index (χ0n) is 17.9. The highest BCUT2D eigenvalue weighted by Gasteiger charge is 2.18. The quantitative estimate of drug-likeness (QED) is 0.445. The van der Waals surface area contributed by atoms with E-state index in [9.17, 15) is 9.59 Å². The SMILES string of the molecule is CCN(Cc1nc2ccccc2c(=O)[nH]1)Cc1nnc2n(CC)c(=O)c3ccccc3n12. The first-order chi connectivity index (χ1) is 15.6. The van der Waals surface area contributed by atoms with Gasteiger partial charge in [0.2, 0.25) is 5.78 Å². The Kier molecular flexibility index (Phi) is 5.02. The fraction of sp³-hybridized carbons (Fsp3) is 0.261.